The van der Waals surface area contributed by atoms with Gasteiger partial charge in [-0.05, 0) is 52.9 Å². The van der Waals surface area contributed by atoms with Gasteiger partial charge in [0, 0.05) is 38.3 Å². The van der Waals surface area contributed by atoms with Crippen LogP contribution in [0, 0.1) is 22.7 Å². The molecule has 0 bridgehead atoms. The van der Waals surface area contributed by atoms with E-state index in [1.54, 1.807) is 0 Å². The van der Waals surface area contributed by atoms with E-state index in [4.69, 9.17) is 0 Å². The normalized spacial score (nSPS) is 11.1. The van der Waals surface area contributed by atoms with E-state index in [9.17, 15) is 10.5 Å². The first kappa shape index (κ1) is 25.8. The number of nitrogens with zero attached hydrogens (tertiary/aromatic N) is 3. The van der Waals surface area contributed by atoms with Gasteiger partial charge in [-0.25, -0.2) is 0 Å². The highest BCUT2D eigenvalue weighted by Gasteiger charge is 2.15. The van der Waals surface area contributed by atoms with Gasteiger partial charge < -0.3 is 4.90 Å². The number of hydrogen-bond acceptors (Lipinski definition) is 3. The second-order valence-electron chi connectivity index (χ2n) is 10.4. The summed E-state index contributed by atoms with van der Waals surface area (Å²) in [6, 6.07) is 52.2. The van der Waals surface area contributed by atoms with E-state index in [0.717, 1.165) is 49.7 Å². The van der Waals surface area contributed by atoms with Crippen LogP contribution in [0.15, 0.2) is 140 Å². The van der Waals surface area contributed by atoms with Gasteiger partial charge in [-0.2, -0.15) is 10.5 Å². The molecule has 0 aliphatic heterocycles. The van der Waals surface area contributed by atoms with Crippen molar-refractivity contribution in [1.29, 1.82) is 10.5 Å². The van der Waals surface area contributed by atoms with Crippen LogP contribution in [0.4, 0.5) is 17.1 Å². The van der Waals surface area contributed by atoms with Crippen molar-refractivity contribution in [3.63, 3.8) is 0 Å². The highest BCUT2D eigenvalue weighted by molar-refractivity contribution is 6.10. The minimum absolute atomic E-state index is 0.596. The maximum absolute atomic E-state index is 10.0. The number of anilines is 3. The Morgan fingerprint density at radius 2 is 0.977 bits per heavy atom. The van der Waals surface area contributed by atoms with Crippen LogP contribution in [0.25, 0.3) is 44.5 Å². The molecular weight excluding hydrogens is 522 g/mol. The zero-order chi connectivity index (χ0) is 29.2. The Kier molecular flexibility index (Phi) is 6.61. The lowest BCUT2D eigenvalue weighted by molar-refractivity contribution is 1.30. The van der Waals surface area contributed by atoms with E-state index in [1.807, 2.05) is 48.5 Å². The summed E-state index contributed by atoms with van der Waals surface area (Å²) < 4.78 is 0. The number of fused-ring (bicyclic) bond motifs is 3. The van der Waals surface area contributed by atoms with Crippen LogP contribution in [-0.2, 0) is 0 Å². The van der Waals surface area contributed by atoms with Crippen molar-refractivity contribution in [3.8, 4) is 12.1 Å². The SMILES string of the molecule is N#Cc1c2ccccc2c(C#N)c2cc(C=Cc3ccc(N(c4ccccc4)c4cccc5ccccc45)cc3)ccc12. The van der Waals surface area contributed by atoms with Crippen molar-refractivity contribution >= 4 is 61.5 Å². The molecule has 0 fully saturated rings. The topological polar surface area (TPSA) is 50.8 Å². The van der Waals surface area contributed by atoms with Crippen LogP contribution >= 0.6 is 0 Å². The summed E-state index contributed by atoms with van der Waals surface area (Å²) in [5, 5.41) is 25.6. The standard InChI is InChI=1S/C40H25N3/c41-26-38-34-14-6-7-15-35(34)39(27-42)37-25-29(21-24-36(37)38)18-17-28-19-22-32(23-20-28)43(31-11-2-1-3-12-31)40-16-8-10-30-9-4-5-13-33(30)40/h1-25H. The summed E-state index contributed by atoms with van der Waals surface area (Å²) in [5.74, 6) is 0. The van der Waals surface area contributed by atoms with Crippen molar-refractivity contribution in [2.24, 2.45) is 0 Å². The lowest BCUT2D eigenvalue weighted by Crippen LogP contribution is -2.10. The van der Waals surface area contributed by atoms with E-state index >= 15 is 0 Å². The molecule has 0 radical (unpaired) electrons. The Bertz CT molecular complexity index is 2240. The van der Waals surface area contributed by atoms with Crippen molar-refractivity contribution in [3.05, 3.63) is 162 Å². The molecule has 0 saturated carbocycles. The van der Waals surface area contributed by atoms with Crippen LogP contribution in [0.1, 0.15) is 22.3 Å². The molecule has 0 amide bonds. The van der Waals surface area contributed by atoms with Crippen molar-refractivity contribution in [1.82, 2.24) is 0 Å². The first-order chi connectivity index (χ1) is 21.2. The second-order valence-corrected chi connectivity index (χ2v) is 10.4. The van der Waals surface area contributed by atoms with Crippen LogP contribution in [-0.4, -0.2) is 0 Å². The zero-order valence-corrected chi connectivity index (χ0v) is 23.3. The largest absolute Gasteiger partial charge is 0.310 e. The third-order valence-electron chi connectivity index (χ3n) is 7.91. The number of para-hydroxylation sites is 1. The first-order valence-corrected chi connectivity index (χ1v) is 14.1. The fourth-order valence-electron chi connectivity index (χ4n) is 5.88. The molecular formula is C40H25N3. The van der Waals surface area contributed by atoms with Crippen LogP contribution in [0.5, 0.6) is 0 Å². The molecule has 7 aromatic carbocycles. The minimum Gasteiger partial charge on any atom is -0.310 e. The maximum Gasteiger partial charge on any atom is 0.100 e. The van der Waals surface area contributed by atoms with E-state index in [0.29, 0.717) is 11.1 Å². The van der Waals surface area contributed by atoms with Gasteiger partial charge in [-0.15, -0.1) is 0 Å². The highest BCUT2D eigenvalue weighted by Crippen LogP contribution is 2.39. The zero-order valence-electron chi connectivity index (χ0n) is 23.3. The van der Waals surface area contributed by atoms with Crippen LogP contribution in [0.2, 0.25) is 0 Å². The summed E-state index contributed by atoms with van der Waals surface area (Å²) in [6.07, 6.45) is 4.13. The summed E-state index contributed by atoms with van der Waals surface area (Å²) in [5.41, 5.74) is 6.51. The molecule has 0 spiro atoms. The lowest BCUT2D eigenvalue weighted by atomic mass is 9.91. The predicted octanol–water partition coefficient (Wildman–Crippen LogP) is 10.5. The van der Waals surface area contributed by atoms with Gasteiger partial charge in [-0.1, -0.05) is 115 Å². The Morgan fingerprint density at radius 3 is 1.70 bits per heavy atom. The highest BCUT2D eigenvalue weighted by atomic mass is 15.1. The number of nitriles is 2. The molecule has 0 saturated heterocycles. The Balaban J connectivity index is 1.26. The lowest BCUT2D eigenvalue weighted by Gasteiger charge is -2.27. The third kappa shape index (κ3) is 4.66. The third-order valence-corrected chi connectivity index (χ3v) is 7.91. The number of rotatable bonds is 5. The monoisotopic (exact) mass is 547 g/mol. The van der Waals surface area contributed by atoms with Crippen molar-refractivity contribution < 1.29 is 0 Å². The molecule has 0 aliphatic rings. The molecule has 0 aliphatic carbocycles. The molecule has 0 unspecified atom stereocenters. The van der Waals surface area contributed by atoms with E-state index in [2.05, 4.69) is 120 Å². The van der Waals surface area contributed by atoms with Gasteiger partial charge >= 0.3 is 0 Å². The Labute approximate surface area is 250 Å². The van der Waals surface area contributed by atoms with Crippen LogP contribution < -0.4 is 4.90 Å². The van der Waals surface area contributed by atoms with E-state index in [1.165, 1.54) is 10.8 Å². The molecule has 0 N–H and O–H groups in total. The van der Waals surface area contributed by atoms with Crippen molar-refractivity contribution in [2.45, 2.75) is 0 Å². The molecule has 3 nitrogen and oxygen atoms in total. The molecule has 200 valence electrons. The molecule has 0 atom stereocenters. The van der Waals surface area contributed by atoms with Gasteiger partial charge in [0.1, 0.15) is 12.1 Å². The summed E-state index contributed by atoms with van der Waals surface area (Å²) in [7, 11) is 0. The second kappa shape index (κ2) is 11.0. The van der Waals surface area contributed by atoms with E-state index < -0.39 is 0 Å². The number of hydrogen-bond donors (Lipinski definition) is 0. The van der Waals surface area contributed by atoms with Crippen molar-refractivity contribution in [2.75, 3.05) is 4.90 Å². The average molecular weight is 548 g/mol. The molecule has 0 heterocycles. The molecule has 7 aromatic rings. The molecule has 0 aromatic heterocycles. The van der Waals surface area contributed by atoms with Gasteiger partial charge in [0.05, 0.1) is 16.8 Å². The molecule has 3 heteroatoms. The van der Waals surface area contributed by atoms with Gasteiger partial charge in [0.2, 0.25) is 0 Å². The fourth-order valence-corrected chi connectivity index (χ4v) is 5.88. The van der Waals surface area contributed by atoms with Gasteiger partial charge in [-0.3, -0.25) is 0 Å². The van der Waals surface area contributed by atoms with E-state index in [-0.39, 0.29) is 0 Å². The average Bonchev–Trinajstić information content (AvgIpc) is 3.07. The first-order valence-electron chi connectivity index (χ1n) is 14.1. The number of benzene rings is 7. The molecule has 7 rings (SSSR count). The van der Waals surface area contributed by atoms with Gasteiger partial charge in [0.25, 0.3) is 0 Å². The van der Waals surface area contributed by atoms with Crippen LogP contribution in [0.3, 0.4) is 0 Å². The fraction of sp³-hybridized carbons (Fsp3) is 0. The molecule has 43 heavy (non-hydrogen) atoms. The maximum atomic E-state index is 10.0. The Hall–Kier alpha value is -6.16. The minimum atomic E-state index is 0.596. The van der Waals surface area contributed by atoms with Gasteiger partial charge in [0.15, 0.2) is 0 Å². The summed E-state index contributed by atoms with van der Waals surface area (Å²) >= 11 is 0. The summed E-state index contributed by atoms with van der Waals surface area (Å²) in [6.45, 7) is 0. The quantitative estimate of drug-likeness (QED) is 0.159. The summed E-state index contributed by atoms with van der Waals surface area (Å²) in [4.78, 5) is 2.29. The predicted molar refractivity (Wildman–Crippen MR) is 178 cm³/mol. The smallest absolute Gasteiger partial charge is 0.100 e. The Morgan fingerprint density at radius 1 is 0.442 bits per heavy atom.